The highest BCUT2D eigenvalue weighted by molar-refractivity contribution is 5.78. The molecule has 20 heavy (non-hydrogen) atoms. The fourth-order valence-corrected chi connectivity index (χ4v) is 2.63. The van der Waals surface area contributed by atoms with Gasteiger partial charge in [-0.05, 0) is 51.2 Å². The molecule has 1 unspecified atom stereocenters. The predicted octanol–water partition coefficient (Wildman–Crippen LogP) is 2.98. The number of carboxylic acid groups (broad SMARTS) is 1. The molecule has 0 saturated carbocycles. The van der Waals surface area contributed by atoms with Crippen LogP contribution in [0.25, 0.3) is 0 Å². The summed E-state index contributed by atoms with van der Waals surface area (Å²) in [5.74, 6) is -0.716. The highest BCUT2D eigenvalue weighted by Crippen LogP contribution is 2.20. The molecule has 0 aromatic rings. The van der Waals surface area contributed by atoms with Crippen LogP contribution in [-0.4, -0.2) is 48.2 Å². The number of nitrogens with zero attached hydrogens (tertiary/aromatic N) is 1. The molecule has 2 N–H and O–H groups in total. The molecule has 0 heterocycles. The van der Waals surface area contributed by atoms with Gasteiger partial charge in [-0.2, -0.15) is 0 Å². The SMILES string of the molecule is CCCNC(CC)(CCCN(C)CC(C)(C)C)C(=O)O. The van der Waals surface area contributed by atoms with Crippen molar-refractivity contribution < 1.29 is 9.90 Å². The summed E-state index contributed by atoms with van der Waals surface area (Å²) in [7, 11) is 2.11. The van der Waals surface area contributed by atoms with Crippen LogP contribution in [0.1, 0.15) is 60.3 Å². The minimum Gasteiger partial charge on any atom is -0.480 e. The Morgan fingerprint density at radius 3 is 2.25 bits per heavy atom. The van der Waals surface area contributed by atoms with Crippen molar-refractivity contribution in [1.82, 2.24) is 10.2 Å². The van der Waals surface area contributed by atoms with E-state index in [4.69, 9.17) is 0 Å². The molecule has 0 radical (unpaired) electrons. The summed E-state index contributed by atoms with van der Waals surface area (Å²) in [4.78, 5) is 13.9. The molecule has 0 spiro atoms. The molecule has 4 nitrogen and oxygen atoms in total. The first-order chi connectivity index (χ1) is 9.17. The van der Waals surface area contributed by atoms with Crippen LogP contribution in [0.15, 0.2) is 0 Å². The van der Waals surface area contributed by atoms with E-state index in [1.807, 2.05) is 6.92 Å². The average Bonchev–Trinajstić information content (AvgIpc) is 2.31. The van der Waals surface area contributed by atoms with E-state index in [0.29, 0.717) is 12.8 Å². The summed E-state index contributed by atoms with van der Waals surface area (Å²) in [6.07, 6.45) is 3.18. The molecule has 0 saturated heterocycles. The zero-order chi connectivity index (χ0) is 15.8. The third-order valence-electron chi connectivity index (χ3n) is 3.61. The van der Waals surface area contributed by atoms with Crippen molar-refractivity contribution in [3.05, 3.63) is 0 Å². The lowest BCUT2D eigenvalue weighted by Crippen LogP contribution is -2.52. The first kappa shape index (κ1) is 19.4. The Balaban J connectivity index is 4.36. The Kier molecular flexibility index (Phi) is 8.36. The zero-order valence-corrected chi connectivity index (χ0v) is 14.3. The van der Waals surface area contributed by atoms with E-state index in [2.05, 4.69) is 45.0 Å². The predicted molar refractivity (Wildman–Crippen MR) is 85.1 cm³/mol. The lowest BCUT2D eigenvalue weighted by atomic mass is 9.89. The average molecular weight is 286 g/mol. The maximum atomic E-state index is 11.6. The number of carbonyl (C=O) groups is 1. The molecule has 4 heteroatoms. The van der Waals surface area contributed by atoms with Crippen LogP contribution in [-0.2, 0) is 4.79 Å². The van der Waals surface area contributed by atoms with Crippen LogP contribution in [0.4, 0.5) is 0 Å². The molecule has 0 aromatic heterocycles. The monoisotopic (exact) mass is 286 g/mol. The number of hydrogen-bond acceptors (Lipinski definition) is 3. The molecule has 0 aromatic carbocycles. The van der Waals surface area contributed by atoms with Gasteiger partial charge in [-0.1, -0.05) is 34.6 Å². The maximum Gasteiger partial charge on any atom is 0.323 e. The first-order valence-corrected chi connectivity index (χ1v) is 7.84. The number of nitrogens with one attached hydrogen (secondary N) is 1. The fraction of sp³-hybridized carbons (Fsp3) is 0.938. The van der Waals surface area contributed by atoms with Crippen LogP contribution in [0, 0.1) is 5.41 Å². The van der Waals surface area contributed by atoms with Crippen LogP contribution < -0.4 is 5.32 Å². The number of aliphatic carboxylic acids is 1. The molecule has 0 aliphatic carbocycles. The smallest absolute Gasteiger partial charge is 0.323 e. The van der Waals surface area contributed by atoms with E-state index < -0.39 is 11.5 Å². The van der Waals surface area contributed by atoms with Crippen molar-refractivity contribution in [1.29, 1.82) is 0 Å². The van der Waals surface area contributed by atoms with Crippen molar-refractivity contribution in [2.75, 3.05) is 26.7 Å². The van der Waals surface area contributed by atoms with Gasteiger partial charge in [0.2, 0.25) is 0 Å². The summed E-state index contributed by atoms with van der Waals surface area (Å²) in [6.45, 7) is 13.4. The van der Waals surface area contributed by atoms with Gasteiger partial charge in [0.05, 0.1) is 0 Å². The molecule has 120 valence electrons. The van der Waals surface area contributed by atoms with Gasteiger partial charge in [0.25, 0.3) is 0 Å². The molecular weight excluding hydrogens is 252 g/mol. The van der Waals surface area contributed by atoms with Crippen LogP contribution in [0.3, 0.4) is 0 Å². The van der Waals surface area contributed by atoms with Crippen LogP contribution in [0.2, 0.25) is 0 Å². The second-order valence-electron chi connectivity index (χ2n) is 7.07. The molecule has 0 amide bonds. The molecule has 1 atom stereocenters. The number of hydrogen-bond donors (Lipinski definition) is 2. The van der Waals surface area contributed by atoms with Crippen molar-refractivity contribution in [2.45, 2.75) is 65.8 Å². The molecule has 0 rings (SSSR count). The summed E-state index contributed by atoms with van der Waals surface area (Å²) in [5.41, 5.74) is -0.470. The summed E-state index contributed by atoms with van der Waals surface area (Å²) in [5, 5.41) is 12.8. The summed E-state index contributed by atoms with van der Waals surface area (Å²) < 4.78 is 0. The Morgan fingerprint density at radius 2 is 1.85 bits per heavy atom. The lowest BCUT2D eigenvalue weighted by molar-refractivity contribution is -0.145. The van der Waals surface area contributed by atoms with Gasteiger partial charge in [-0.25, -0.2) is 0 Å². The third kappa shape index (κ3) is 7.25. The number of rotatable bonds is 10. The topological polar surface area (TPSA) is 52.6 Å². The molecular formula is C16H34N2O2. The molecule has 0 aliphatic heterocycles. The van der Waals surface area contributed by atoms with E-state index in [1.165, 1.54) is 0 Å². The van der Waals surface area contributed by atoms with Gasteiger partial charge in [0, 0.05) is 6.54 Å². The quantitative estimate of drug-likeness (QED) is 0.648. The fourth-order valence-electron chi connectivity index (χ4n) is 2.63. The Bertz CT molecular complexity index is 287. The highest BCUT2D eigenvalue weighted by atomic mass is 16.4. The normalized spacial score (nSPS) is 15.3. The molecule has 0 bridgehead atoms. The van der Waals surface area contributed by atoms with Crippen molar-refractivity contribution in [3.8, 4) is 0 Å². The second-order valence-corrected chi connectivity index (χ2v) is 7.07. The van der Waals surface area contributed by atoms with E-state index >= 15 is 0 Å². The van der Waals surface area contributed by atoms with E-state index in [9.17, 15) is 9.90 Å². The van der Waals surface area contributed by atoms with E-state index in [0.717, 1.165) is 32.5 Å². The third-order valence-corrected chi connectivity index (χ3v) is 3.61. The van der Waals surface area contributed by atoms with Gasteiger partial charge in [0.1, 0.15) is 5.54 Å². The molecule has 0 aliphatic rings. The zero-order valence-electron chi connectivity index (χ0n) is 14.3. The maximum absolute atomic E-state index is 11.6. The van der Waals surface area contributed by atoms with Gasteiger partial charge in [-0.15, -0.1) is 0 Å². The summed E-state index contributed by atoms with van der Waals surface area (Å²) in [6, 6.07) is 0. The Labute approximate surface area is 124 Å². The van der Waals surface area contributed by atoms with Gasteiger partial charge < -0.3 is 15.3 Å². The lowest BCUT2D eigenvalue weighted by Gasteiger charge is -2.31. The minimum absolute atomic E-state index is 0.282. The van der Waals surface area contributed by atoms with Crippen molar-refractivity contribution >= 4 is 5.97 Å². The Hall–Kier alpha value is -0.610. The van der Waals surface area contributed by atoms with Crippen molar-refractivity contribution in [2.24, 2.45) is 5.41 Å². The largest absolute Gasteiger partial charge is 0.480 e. The first-order valence-electron chi connectivity index (χ1n) is 7.84. The van der Waals surface area contributed by atoms with Crippen LogP contribution >= 0.6 is 0 Å². The number of carboxylic acids is 1. The van der Waals surface area contributed by atoms with Gasteiger partial charge >= 0.3 is 5.97 Å². The minimum atomic E-state index is -0.751. The van der Waals surface area contributed by atoms with Gasteiger partial charge in [0.15, 0.2) is 0 Å². The highest BCUT2D eigenvalue weighted by Gasteiger charge is 2.35. The summed E-state index contributed by atoms with van der Waals surface area (Å²) >= 11 is 0. The standard InChI is InChI=1S/C16H34N2O2/c1-7-11-17-16(8-2,14(19)20)10-9-12-18(6)13-15(3,4)5/h17H,7-13H2,1-6H3,(H,19,20). The molecule has 0 fully saturated rings. The van der Waals surface area contributed by atoms with E-state index in [1.54, 1.807) is 0 Å². The van der Waals surface area contributed by atoms with E-state index in [-0.39, 0.29) is 5.41 Å². The second kappa shape index (κ2) is 8.63. The van der Waals surface area contributed by atoms with Crippen molar-refractivity contribution in [3.63, 3.8) is 0 Å². The van der Waals surface area contributed by atoms with Crippen LogP contribution in [0.5, 0.6) is 0 Å². The van der Waals surface area contributed by atoms with Gasteiger partial charge in [-0.3, -0.25) is 4.79 Å². The Morgan fingerprint density at radius 1 is 1.25 bits per heavy atom.